The molecule has 0 aromatic carbocycles. The van der Waals surface area contributed by atoms with Gasteiger partial charge in [-0.25, -0.2) is 23.5 Å². The Labute approximate surface area is 100 Å². The summed E-state index contributed by atoms with van der Waals surface area (Å²) in [5, 5.41) is 7.69. The van der Waals surface area contributed by atoms with Crippen LogP contribution in [0.3, 0.4) is 0 Å². The molecule has 0 radical (unpaired) electrons. The molecule has 0 saturated heterocycles. The number of rotatable bonds is 6. The Morgan fingerprint density at radius 3 is 2.76 bits per heavy atom. The van der Waals surface area contributed by atoms with Crippen molar-refractivity contribution in [2.45, 2.75) is 20.0 Å². The lowest BCUT2D eigenvalue weighted by Crippen LogP contribution is -2.22. The molecule has 1 aromatic rings. The zero-order valence-electron chi connectivity index (χ0n) is 9.75. The fourth-order valence-corrected chi connectivity index (χ4v) is 1.45. The first-order valence-electron chi connectivity index (χ1n) is 5.10. The summed E-state index contributed by atoms with van der Waals surface area (Å²) >= 11 is 0. The molecule has 0 aliphatic rings. The first-order chi connectivity index (χ1) is 7.87. The fourth-order valence-electron chi connectivity index (χ4n) is 1.06. The SMILES string of the molecule is CC(C)Oc1cc(NCCS(N)(=O)=O)ncn1. The van der Waals surface area contributed by atoms with E-state index in [1.807, 2.05) is 13.8 Å². The number of sulfonamides is 1. The van der Waals surface area contributed by atoms with Crippen LogP contribution in [-0.4, -0.2) is 36.8 Å². The van der Waals surface area contributed by atoms with Crippen molar-refractivity contribution in [3.05, 3.63) is 12.4 Å². The van der Waals surface area contributed by atoms with Gasteiger partial charge in [0.2, 0.25) is 15.9 Å². The van der Waals surface area contributed by atoms with Crippen LogP contribution in [0.4, 0.5) is 5.82 Å². The largest absolute Gasteiger partial charge is 0.475 e. The highest BCUT2D eigenvalue weighted by atomic mass is 32.2. The van der Waals surface area contributed by atoms with E-state index >= 15 is 0 Å². The van der Waals surface area contributed by atoms with Crippen LogP contribution in [0.15, 0.2) is 12.4 Å². The third kappa shape index (κ3) is 6.03. The molecule has 96 valence electrons. The molecule has 0 saturated carbocycles. The second kappa shape index (κ2) is 5.78. The molecule has 0 unspecified atom stereocenters. The molecule has 3 N–H and O–H groups in total. The lowest BCUT2D eigenvalue weighted by atomic mass is 10.5. The lowest BCUT2D eigenvalue weighted by molar-refractivity contribution is 0.232. The minimum Gasteiger partial charge on any atom is -0.475 e. The summed E-state index contributed by atoms with van der Waals surface area (Å²) in [5.74, 6) is 0.782. The summed E-state index contributed by atoms with van der Waals surface area (Å²) in [6.45, 7) is 3.96. The first kappa shape index (κ1) is 13.7. The number of nitrogens with one attached hydrogen (secondary N) is 1. The Kier molecular flexibility index (Phi) is 4.64. The van der Waals surface area contributed by atoms with Gasteiger partial charge in [-0.15, -0.1) is 0 Å². The van der Waals surface area contributed by atoms with Crippen LogP contribution in [0.5, 0.6) is 5.88 Å². The fraction of sp³-hybridized carbons (Fsp3) is 0.556. The van der Waals surface area contributed by atoms with Crippen molar-refractivity contribution in [3.8, 4) is 5.88 Å². The number of aromatic nitrogens is 2. The van der Waals surface area contributed by atoms with Crippen LogP contribution in [0.1, 0.15) is 13.8 Å². The van der Waals surface area contributed by atoms with E-state index in [4.69, 9.17) is 9.88 Å². The topological polar surface area (TPSA) is 107 Å². The third-order valence-corrected chi connectivity index (χ3v) is 2.46. The van der Waals surface area contributed by atoms with Gasteiger partial charge in [-0.3, -0.25) is 0 Å². The van der Waals surface area contributed by atoms with E-state index in [1.54, 1.807) is 6.07 Å². The second-order valence-corrected chi connectivity index (χ2v) is 5.44. The van der Waals surface area contributed by atoms with E-state index in [0.29, 0.717) is 11.7 Å². The van der Waals surface area contributed by atoms with Crippen molar-refractivity contribution in [2.75, 3.05) is 17.6 Å². The van der Waals surface area contributed by atoms with Gasteiger partial charge in [0.25, 0.3) is 0 Å². The first-order valence-corrected chi connectivity index (χ1v) is 6.81. The van der Waals surface area contributed by atoms with Crippen LogP contribution in [0.25, 0.3) is 0 Å². The molecule has 0 fully saturated rings. The summed E-state index contributed by atoms with van der Waals surface area (Å²) in [6.07, 6.45) is 1.36. The van der Waals surface area contributed by atoms with E-state index < -0.39 is 10.0 Å². The van der Waals surface area contributed by atoms with Crippen LogP contribution < -0.4 is 15.2 Å². The van der Waals surface area contributed by atoms with Crippen molar-refractivity contribution in [2.24, 2.45) is 5.14 Å². The average Bonchev–Trinajstić information content (AvgIpc) is 2.15. The molecular weight excluding hydrogens is 244 g/mol. The Morgan fingerprint density at radius 2 is 2.18 bits per heavy atom. The number of ether oxygens (including phenoxy) is 1. The predicted molar refractivity (Wildman–Crippen MR) is 64.3 cm³/mol. The van der Waals surface area contributed by atoms with Gasteiger partial charge in [-0.2, -0.15) is 0 Å². The highest BCUT2D eigenvalue weighted by Gasteiger charge is 2.04. The monoisotopic (exact) mass is 260 g/mol. The quantitative estimate of drug-likeness (QED) is 0.743. The molecule has 8 heteroatoms. The van der Waals surface area contributed by atoms with Gasteiger partial charge in [-0.05, 0) is 13.8 Å². The summed E-state index contributed by atoms with van der Waals surface area (Å²) < 4.78 is 26.8. The number of hydrogen-bond donors (Lipinski definition) is 2. The van der Waals surface area contributed by atoms with Crippen molar-refractivity contribution < 1.29 is 13.2 Å². The van der Waals surface area contributed by atoms with E-state index in [0.717, 1.165) is 0 Å². The van der Waals surface area contributed by atoms with E-state index in [9.17, 15) is 8.42 Å². The van der Waals surface area contributed by atoms with Crippen LogP contribution in [0, 0.1) is 0 Å². The van der Waals surface area contributed by atoms with Gasteiger partial charge in [-0.1, -0.05) is 0 Å². The maximum atomic E-state index is 10.7. The maximum absolute atomic E-state index is 10.7. The van der Waals surface area contributed by atoms with Gasteiger partial charge >= 0.3 is 0 Å². The Bertz CT molecular complexity index is 461. The number of nitrogens with two attached hydrogens (primary N) is 1. The molecule has 0 bridgehead atoms. The molecule has 0 atom stereocenters. The Hall–Kier alpha value is -1.41. The summed E-state index contributed by atoms with van der Waals surface area (Å²) in [4.78, 5) is 7.85. The maximum Gasteiger partial charge on any atom is 0.218 e. The predicted octanol–water partition coefficient (Wildman–Crippen LogP) is -0.0358. The highest BCUT2D eigenvalue weighted by Crippen LogP contribution is 2.12. The second-order valence-electron chi connectivity index (χ2n) is 3.70. The molecule has 0 amide bonds. The zero-order chi connectivity index (χ0) is 12.9. The van der Waals surface area contributed by atoms with E-state index in [1.165, 1.54) is 6.33 Å². The summed E-state index contributed by atoms with van der Waals surface area (Å²) in [6, 6.07) is 1.60. The van der Waals surface area contributed by atoms with Crippen LogP contribution >= 0.6 is 0 Å². The van der Waals surface area contributed by atoms with Gasteiger partial charge in [0, 0.05) is 12.6 Å². The molecule has 17 heavy (non-hydrogen) atoms. The lowest BCUT2D eigenvalue weighted by Gasteiger charge is -2.09. The Morgan fingerprint density at radius 1 is 1.47 bits per heavy atom. The number of nitrogens with zero attached hydrogens (tertiary/aromatic N) is 2. The highest BCUT2D eigenvalue weighted by molar-refractivity contribution is 7.89. The molecular formula is C9H16N4O3S. The molecule has 1 rings (SSSR count). The summed E-state index contributed by atoms with van der Waals surface area (Å²) in [7, 11) is -3.46. The van der Waals surface area contributed by atoms with Crippen molar-refractivity contribution in [1.29, 1.82) is 0 Å². The zero-order valence-corrected chi connectivity index (χ0v) is 10.6. The van der Waals surface area contributed by atoms with Gasteiger partial charge in [0.05, 0.1) is 11.9 Å². The van der Waals surface area contributed by atoms with Gasteiger partial charge < -0.3 is 10.1 Å². The van der Waals surface area contributed by atoms with Gasteiger partial charge in [0.1, 0.15) is 12.1 Å². The minimum atomic E-state index is -3.46. The molecule has 0 aliphatic carbocycles. The number of hydrogen-bond acceptors (Lipinski definition) is 6. The molecule has 1 heterocycles. The van der Waals surface area contributed by atoms with E-state index in [2.05, 4.69) is 15.3 Å². The molecule has 0 spiro atoms. The average molecular weight is 260 g/mol. The van der Waals surface area contributed by atoms with Crippen molar-refractivity contribution in [1.82, 2.24) is 9.97 Å². The standard InChI is InChI=1S/C9H16N4O3S/c1-7(2)16-9-5-8(12-6-13-9)11-3-4-17(10,14)15/h5-7H,3-4H2,1-2H3,(H2,10,14,15)(H,11,12,13). The number of anilines is 1. The van der Waals surface area contributed by atoms with E-state index in [-0.39, 0.29) is 18.4 Å². The number of primary sulfonamides is 1. The van der Waals surface area contributed by atoms with Crippen LogP contribution in [0.2, 0.25) is 0 Å². The Balaban J connectivity index is 2.54. The summed E-state index contributed by atoms with van der Waals surface area (Å²) in [5.41, 5.74) is 0. The van der Waals surface area contributed by atoms with Crippen LogP contribution in [-0.2, 0) is 10.0 Å². The third-order valence-electron chi connectivity index (χ3n) is 1.69. The molecule has 0 aliphatic heterocycles. The van der Waals surface area contributed by atoms with Crippen molar-refractivity contribution in [3.63, 3.8) is 0 Å². The molecule has 1 aromatic heterocycles. The minimum absolute atomic E-state index is 0.0159. The smallest absolute Gasteiger partial charge is 0.218 e. The normalized spacial score (nSPS) is 11.5. The van der Waals surface area contributed by atoms with Gasteiger partial charge in [0.15, 0.2) is 0 Å². The van der Waals surface area contributed by atoms with Crippen molar-refractivity contribution >= 4 is 15.8 Å². The molecule has 7 nitrogen and oxygen atoms in total.